The number of carbonyl (C=O) groups is 2. The number of carbonyl (C=O) groups excluding carboxylic acids is 2. The van der Waals surface area contributed by atoms with Crippen LogP contribution >= 0.6 is 25.1 Å². The molecule has 2 atom stereocenters. The Morgan fingerprint density at radius 3 is 2.73 bits per heavy atom. The first-order chi connectivity index (χ1) is 12.8. The molecule has 0 aliphatic rings. The summed E-state index contributed by atoms with van der Waals surface area (Å²) in [4.78, 5) is 28.6. The first kappa shape index (κ1) is 21.8. The zero-order valence-corrected chi connectivity index (χ0v) is 16.4. The zero-order valence-electron chi connectivity index (χ0n) is 14.7. The molecule has 0 spiro atoms. The minimum atomic E-state index is -1.73. The average molecular weight is 424 g/mol. The van der Waals surface area contributed by atoms with Crippen LogP contribution in [-0.4, -0.2) is 43.1 Å². The Bertz CT molecular complexity index is 673. The number of nitrogens with two attached hydrogens (primary N) is 2. The topological polar surface area (TPSA) is 174 Å². The standard InChI is InChI=1S/C12H17N4O6P2.HOP/c1-8(18)20-5-9(2-3-24(19)23-22-7-17)6-21-11-4-10(13)15-12(14)16-11;1-2/h2,4,7,23H,3,5-6H2,1H3,(H4,13,14,15,16);2H/q+1;/b9-2-;/i;2D. The van der Waals surface area contributed by atoms with E-state index < -0.39 is 31.0 Å². The molecule has 1 rings (SSSR count). The van der Waals surface area contributed by atoms with E-state index in [1.54, 1.807) is 6.08 Å². The lowest BCUT2D eigenvalue weighted by molar-refractivity contribution is -0.140. The minimum Gasteiger partial charge on any atom is -0.473 e. The Hall–Kier alpha value is -2.21. The van der Waals surface area contributed by atoms with Crippen LogP contribution in [0.3, 0.4) is 0 Å². The zero-order chi connectivity index (χ0) is 20.7. The van der Waals surface area contributed by atoms with Crippen molar-refractivity contribution in [3.8, 4) is 5.88 Å². The maximum Gasteiger partial charge on any atom is 0.399 e. The van der Waals surface area contributed by atoms with E-state index in [2.05, 4.69) is 14.5 Å². The summed E-state index contributed by atoms with van der Waals surface area (Å²) in [6.45, 7) is 1.49. The summed E-state index contributed by atoms with van der Waals surface area (Å²) < 4.78 is 40.6. The van der Waals surface area contributed by atoms with Crippen LogP contribution in [0.25, 0.3) is 0 Å². The quantitative estimate of drug-likeness (QED) is 0.241. The monoisotopic (exact) mass is 424 g/mol. The molecule has 14 heteroatoms. The minimum absolute atomic E-state index is 0.0179. The van der Waals surface area contributed by atoms with Gasteiger partial charge in [-0.1, -0.05) is 4.57 Å². The normalized spacial score (nSPS) is 12.0. The van der Waals surface area contributed by atoms with E-state index in [-0.39, 0.29) is 43.5 Å². The summed E-state index contributed by atoms with van der Waals surface area (Å²) >= 11 is 0. The summed E-state index contributed by atoms with van der Waals surface area (Å²) in [5, 5.41) is 0. The molecule has 0 fully saturated rings. The largest absolute Gasteiger partial charge is 0.473 e. The number of nitrogens with zero attached hydrogens (tertiary/aromatic N) is 2. The Labute approximate surface area is 155 Å². The second-order valence-corrected chi connectivity index (χ2v) is 7.87. The van der Waals surface area contributed by atoms with E-state index in [0.717, 1.165) is 0 Å². The Morgan fingerprint density at radius 1 is 1.46 bits per heavy atom. The van der Waals surface area contributed by atoms with Crippen LogP contribution in [-0.2, 0) is 28.0 Å². The highest BCUT2D eigenvalue weighted by molar-refractivity contribution is 8.13. The number of allylic oxidation sites excluding steroid dienone is 1. The van der Waals surface area contributed by atoms with Crippen LogP contribution in [0.5, 0.6) is 5.88 Å². The molecule has 1 aromatic heterocycles. The van der Waals surface area contributed by atoms with Crippen LogP contribution in [0.2, 0.25) is 0 Å². The van der Waals surface area contributed by atoms with Gasteiger partial charge in [0.1, 0.15) is 29.4 Å². The number of hydrogen-bond donors (Lipinski definition) is 2. The molecule has 0 saturated heterocycles. The van der Waals surface area contributed by atoms with Crippen molar-refractivity contribution < 1.29 is 32.7 Å². The van der Waals surface area contributed by atoms with Gasteiger partial charge in [0.2, 0.25) is 11.8 Å². The van der Waals surface area contributed by atoms with Gasteiger partial charge in [0, 0.05) is 18.6 Å². The molecular formula is C12H18N4O7P3+. The maximum atomic E-state index is 11.6. The Morgan fingerprint density at radius 2 is 2.15 bits per heavy atom. The highest BCUT2D eigenvalue weighted by Gasteiger charge is 2.16. The average Bonchev–Trinajstić information content (AvgIpc) is 2.59. The van der Waals surface area contributed by atoms with Crippen molar-refractivity contribution in [2.45, 2.75) is 6.92 Å². The third-order valence-electron chi connectivity index (χ3n) is 2.35. The van der Waals surface area contributed by atoms with Crippen molar-refractivity contribution in [3.63, 3.8) is 0 Å². The second kappa shape index (κ2) is 14.0. The maximum absolute atomic E-state index is 11.6. The Kier molecular flexibility index (Phi) is 11.8. The number of ether oxygens (including phenoxy) is 2. The second-order valence-electron chi connectivity index (χ2n) is 4.29. The lowest BCUT2D eigenvalue weighted by atomic mass is 10.3. The fourth-order valence-corrected chi connectivity index (χ4v) is 3.02. The molecule has 11 nitrogen and oxygen atoms in total. The number of anilines is 2. The van der Waals surface area contributed by atoms with Gasteiger partial charge >= 0.3 is 22.0 Å². The summed E-state index contributed by atoms with van der Waals surface area (Å²) in [5.41, 5.74) is 11.6. The van der Waals surface area contributed by atoms with Crippen LogP contribution in [0.1, 0.15) is 6.92 Å². The molecule has 0 radical (unpaired) electrons. The first-order valence-electron chi connectivity index (χ1n) is 7.17. The number of nitrogen functional groups attached to an aromatic ring is 2. The molecule has 4 N–H and O–H groups in total. The number of hydrogen-bond acceptors (Lipinski definition) is 11. The summed E-state index contributed by atoms with van der Waals surface area (Å²) in [6.07, 6.45) is 1.74. The third-order valence-corrected chi connectivity index (χ3v) is 4.75. The summed E-state index contributed by atoms with van der Waals surface area (Å²) in [7, 11) is -2.75. The van der Waals surface area contributed by atoms with Crippen molar-refractivity contribution in [3.05, 3.63) is 17.7 Å². The van der Waals surface area contributed by atoms with Gasteiger partial charge in [0.15, 0.2) is 6.16 Å². The van der Waals surface area contributed by atoms with Gasteiger partial charge in [-0.2, -0.15) is 9.97 Å². The first-order valence-corrected chi connectivity index (χ1v) is 10.3. The molecule has 0 aliphatic heterocycles. The molecule has 1 heterocycles. The van der Waals surface area contributed by atoms with Gasteiger partial charge in [-0.15, -0.1) is 0 Å². The number of aromatic nitrogens is 2. The molecule has 0 amide bonds. The van der Waals surface area contributed by atoms with Crippen LogP contribution in [0, 0.1) is 0 Å². The molecular weight excluding hydrogens is 405 g/mol. The predicted molar refractivity (Wildman–Crippen MR) is 98.0 cm³/mol. The molecule has 0 bridgehead atoms. The van der Waals surface area contributed by atoms with Gasteiger partial charge < -0.3 is 25.5 Å². The van der Waals surface area contributed by atoms with Gasteiger partial charge in [0.25, 0.3) is 6.47 Å². The van der Waals surface area contributed by atoms with Crippen molar-refractivity contribution in [1.82, 2.24) is 9.97 Å². The van der Waals surface area contributed by atoms with E-state index in [1.165, 1.54) is 13.0 Å². The highest BCUT2D eigenvalue weighted by Crippen LogP contribution is 2.44. The van der Waals surface area contributed by atoms with Gasteiger partial charge in [-0.05, 0) is 6.08 Å². The molecule has 2 unspecified atom stereocenters. The third kappa shape index (κ3) is 11.4. The van der Waals surface area contributed by atoms with Crippen molar-refractivity contribution in [1.29, 1.82) is 1.28 Å². The molecule has 142 valence electrons. The smallest absolute Gasteiger partial charge is 0.399 e. The lowest BCUT2D eigenvalue weighted by Crippen LogP contribution is -2.12. The van der Waals surface area contributed by atoms with E-state index in [4.69, 9.17) is 26.8 Å². The highest BCUT2D eigenvalue weighted by atomic mass is 32.0. The molecule has 26 heavy (non-hydrogen) atoms. The molecule has 1 aromatic rings. The van der Waals surface area contributed by atoms with Gasteiger partial charge in [-0.25, -0.2) is 0 Å². The van der Waals surface area contributed by atoms with Gasteiger partial charge in [0.05, 0.1) is 0 Å². The van der Waals surface area contributed by atoms with Gasteiger partial charge in [-0.3, -0.25) is 14.2 Å². The van der Waals surface area contributed by atoms with E-state index in [0.29, 0.717) is 5.57 Å². The molecule has 0 aliphatic carbocycles. The van der Waals surface area contributed by atoms with Crippen molar-refractivity contribution in [2.75, 3.05) is 30.8 Å². The molecule has 0 saturated carbocycles. The SMILES string of the molecule is CC(=O)OC/C(=C/C[P+](=O)POC=O)COc1cc(N)nc(N)n1.[2H]P=O. The van der Waals surface area contributed by atoms with Crippen LogP contribution in [0.15, 0.2) is 17.7 Å². The predicted octanol–water partition coefficient (Wildman–Crippen LogP) is 1.49. The van der Waals surface area contributed by atoms with E-state index >= 15 is 0 Å². The van der Waals surface area contributed by atoms with E-state index in [1.807, 2.05) is 0 Å². The number of esters is 1. The lowest BCUT2D eigenvalue weighted by Gasteiger charge is -2.09. The van der Waals surface area contributed by atoms with Crippen molar-refractivity contribution in [2.24, 2.45) is 0 Å². The Balaban J connectivity index is 0.00000210. The summed E-state index contributed by atoms with van der Waals surface area (Å²) in [6, 6.07) is 1.39. The van der Waals surface area contributed by atoms with Crippen LogP contribution < -0.4 is 16.2 Å². The van der Waals surface area contributed by atoms with Crippen molar-refractivity contribution >= 4 is 49.3 Å². The van der Waals surface area contributed by atoms with Crippen LogP contribution in [0.4, 0.5) is 11.8 Å². The molecule has 0 aromatic carbocycles. The summed E-state index contributed by atoms with van der Waals surface area (Å²) in [5.74, 6) is -0.194. The fraction of sp³-hybridized carbons (Fsp3) is 0.333. The number of rotatable bonds is 10. The van der Waals surface area contributed by atoms with E-state index in [9.17, 15) is 14.2 Å². The fourth-order valence-electron chi connectivity index (χ4n) is 1.39.